The highest BCUT2D eigenvalue weighted by Gasteiger charge is 2.42. The van der Waals surface area contributed by atoms with Gasteiger partial charge in [0.15, 0.2) is 0 Å². The summed E-state index contributed by atoms with van der Waals surface area (Å²) in [6.07, 6.45) is 1.84. The largest absolute Gasteiger partial charge is 0.442 e. The fourth-order valence-electron chi connectivity index (χ4n) is 2.86. The van der Waals surface area contributed by atoms with E-state index < -0.39 is 0 Å². The first kappa shape index (κ1) is 15.3. The summed E-state index contributed by atoms with van der Waals surface area (Å²) in [5, 5.41) is 3.97. The maximum absolute atomic E-state index is 12.3. The van der Waals surface area contributed by atoms with E-state index in [-0.39, 0.29) is 17.8 Å². The number of oxime groups is 1. The maximum Gasteiger partial charge on any atom is 0.410 e. The Balaban J connectivity index is 1.52. The van der Waals surface area contributed by atoms with Gasteiger partial charge in [0.05, 0.1) is 0 Å². The molecular formula is C16H19BrN2O3. The van der Waals surface area contributed by atoms with Crippen molar-refractivity contribution < 1.29 is 14.4 Å². The number of rotatable bonds is 2. The van der Waals surface area contributed by atoms with Crippen molar-refractivity contribution in [1.82, 2.24) is 4.90 Å². The van der Waals surface area contributed by atoms with Gasteiger partial charge in [0.2, 0.25) is 0 Å². The van der Waals surface area contributed by atoms with E-state index in [0.717, 1.165) is 29.4 Å². The van der Waals surface area contributed by atoms with Gasteiger partial charge in [0, 0.05) is 32.4 Å². The topological polar surface area (TPSA) is 51.1 Å². The van der Waals surface area contributed by atoms with Crippen LogP contribution in [0.25, 0.3) is 0 Å². The second kappa shape index (κ2) is 6.28. The Labute approximate surface area is 138 Å². The molecule has 1 atom stereocenters. The molecule has 1 fully saturated rings. The Kier molecular flexibility index (Phi) is 4.38. The average Bonchev–Trinajstić information content (AvgIpc) is 2.89. The lowest BCUT2D eigenvalue weighted by Gasteiger charge is -2.36. The molecule has 0 aliphatic carbocycles. The van der Waals surface area contributed by atoms with Gasteiger partial charge in [0.1, 0.15) is 16.3 Å². The predicted octanol–water partition coefficient (Wildman–Crippen LogP) is 3.85. The highest BCUT2D eigenvalue weighted by molar-refractivity contribution is 9.18. The number of hydrogen-bond acceptors (Lipinski definition) is 4. The Bertz CT molecular complexity index is 568. The zero-order chi connectivity index (χ0) is 15.6. The normalized spacial score (nSPS) is 21.2. The number of piperidine rings is 1. The minimum Gasteiger partial charge on any atom is -0.442 e. The molecule has 5 nitrogen and oxygen atoms in total. The van der Waals surface area contributed by atoms with Crippen LogP contribution in [0.1, 0.15) is 37.9 Å². The molecule has 0 unspecified atom stereocenters. The number of amides is 1. The fraction of sp³-hybridized carbons (Fsp3) is 0.500. The Morgan fingerprint density at radius 1 is 1.36 bits per heavy atom. The van der Waals surface area contributed by atoms with E-state index in [9.17, 15) is 4.79 Å². The van der Waals surface area contributed by atoms with Gasteiger partial charge in [-0.15, -0.1) is 0 Å². The van der Waals surface area contributed by atoms with Crippen LogP contribution in [0.15, 0.2) is 35.5 Å². The Morgan fingerprint density at radius 3 is 2.64 bits per heavy atom. The SMILES string of the molecule is C[C@@H](OC(=O)N1CCC2(CC1)CC(Br)=NO2)c1ccccc1. The van der Waals surface area contributed by atoms with Gasteiger partial charge in [0.25, 0.3) is 0 Å². The van der Waals surface area contributed by atoms with Gasteiger partial charge < -0.3 is 14.5 Å². The third-order valence-corrected chi connectivity index (χ3v) is 4.71. The van der Waals surface area contributed by atoms with Crippen molar-refractivity contribution in [1.29, 1.82) is 0 Å². The third kappa shape index (κ3) is 3.27. The number of hydrogen-bond donors (Lipinski definition) is 0. The highest BCUT2D eigenvalue weighted by atomic mass is 79.9. The molecule has 0 aromatic heterocycles. The summed E-state index contributed by atoms with van der Waals surface area (Å²) in [5.74, 6) is 0. The van der Waals surface area contributed by atoms with Gasteiger partial charge >= 0.3 is 6.09 Å². The third-order valence-electron chi connectivity index (χ3n) is 4.29. The molecule has 0 radical (unpaired) electrons. The van der Waals surface area contributed by atoms with E-state index in [0.29, 0.717) is 13.1 Å². The lowest BCUT2D eigenvalue weighted by molar-refractivity contribution is -0.0609. The molecule has 22 heavy (non-hydrogen) atoms. The summed E-state index contributed by atoms with van der Waals surface area (Å²) in [6.45, 7) is 3.16. The molecular weight excluding hydrogens is 348 g/mol. The Hall–Kier alpha value is -1.56. The quantitative estimate of drug-likeness (QED) is 0.798. The van der Waals surface area contributed by atoms with E-state index in [2.05, 4.69) is 21.1 Å². The number of halogens is 1. The van der Waals surface area contributed by atoms with Crippen molar-refractivity contribution in [2.75, 3.05) is 13.1 Å². The monoisotopic (exact) mass is 366 g/mol. The number of benzene rings is 1. The fourth-order valence-corrected chi connectivity index (χ4v) is 3.44. The minimum atomic E-state index is -0.260. The van der Waals surface area contributed by atoms with Crippen molar-refractivity contribution in [3.63, 3.8) is 0 Å². The molecule has 2 heterocycles. The molecule has 1 spiro atoms. The summed E-state index contributed by atoms with van der Waals surface area (Å²) in [6, 6.07) is 9.76. The van der Waals surface area contributed by atoms with Crippen molar-refractivity contribution in [3.05, 3.63) is 35.9 Å². The number of nitrogens with zero attached hydrogens (tertiary/aromatic N) is 2. The van der Waals surface area contributed by atoms with E-state index in [1.165, 1.54) is 0 Å². The van der Waals surface area contributed by atoms with Crippen LogP contribution >= 0.6 is 15.9 Å². The van der Waals surface area contributed by atoms with E-state index >= 15 is 0 Å². The number of ether oxygens (including phenoxy) is 1. The second-order valence-electron chi connectivity index (χ2n) is 5.84. The Morgan fingerprint density at radius 2 is 2.05 bits per heavy atom. The molecule has 1 amide bonds. The van der Waals surface area contributed by atoms with Crippen molar-refractivity contribution >= 4 is 26.6 Å². The minimum absolute atomic E-state index is 0.235. The number of carbonyl (C=O) groups excluding carboxylic acids is 1. The molecule has 118 valence electrons. The summed E-state index contributed by atoms with van der Waals surface area (Å²) >= 11 is 3.37. The lowest BCUT2D eigenvalue weighted by atomic mass is 9.89. The molecule has 0 saturated carbocycles. The van der Waals surface area contributed by atoms with Crippen molar-refractivity contribution in [2.45, 2.75) is 37.9 Å². The predicted molar refractivity (Wildman–Crippen MR) is 86.9 cm³/mol. The van der Waals surface area contributed by atoms with Gasteiger partial charge in [-0.2, -0.15) is 0 Å². The van der Waals surface area contributed by atoms with Crippen LogP contribution in [0.2, 0.25) is 0 Å². The van der Waals surface area contributed by atoms with Crippen LogP contribution in [-0.4, -0.2) is 34.3 Å². The molecule has 3 rings (SSSR count). The van der Waals surface area contributed by atoms with Gasteiger partial charge in [-0.05, 0) is 28.4 Å². The molecule has 0 N–H and O–H groups in total. The summed E-state index contributed by atoms with van der Waals surface area (Å²) < 4.78 is 6.40. The van der Waals surface area contributed by atoms with Crippen LogP contribution in [0.3, 0.4) is 0 Å². The molecule has 2 aliphatic rings. The van der Waals surface area contributed by atoms with Crippen molar-refractivity contribution in [2.24, 2.45) is 5.16 Å². The van der Waals surface area contributed by atoms with E-state index in [4.69, 9.17) is 9.57 Å². The van der Waals surface area contributed by atoms with Crippen LogP contribution in [0.5, 0.6) is 0 Å². The van der Waals surface area contributed by atoms with Crippen molar-refractivity contribution in [3.8, 4) is 0 Å². The van der Waals surface area contributed by atoms with Gasteiger partial charge in [-0.3, -0.25) is 0 Å². The van der Waals surface area contributed by atoms with Gasteiger partial charge in [-0.25, -0.2) is 4.79 Å². The molecule has 2 aliphatic heterocycles. The zero-order valence-corrected chi connectivity index (χ0v) is 14.1. The van der Waals surface area contributed by atoms with Crippen LogP contribution in [0.4, 0.5) is 4.79 Å². The molecule has 1 saturated heterocycles. The van der Waals surface area contributed by atoms with E-state index in [1.807, 2.05) is 37.3 Å². The second-order valence-corrected chi connectivity index (χ2v) is 6.76. The first-order valence-corrected chi connectivity index (χ1v) is 8.28. The van der Waals surface area contributed by atoms with Gasteiger partial charge in [-0.1, -0.05) is 35.5 Å². The van der Waals surface area contributed by atoms with Crippen LogP contribution in [-0.2, 0) is 9.57 Å². The standard InChI is InChI=1S/C16H19BrN2O3/c1-12(13-5-3-2-4-6-13)21-15(20)19-9-7-16(8-10-19)11-14(17)18-22-16/h2-6,12H,7-11H2,1H3/t12-/m1/s1. The maximum atomic E-state index is 12.3. The molecule has 0 bridgehead atoms. The number of likely N-dealkylation sites (tertiary alicyclic amines) is 1. The first-order valence-electron chi connectivity index (χ1n) is 7.49. The molecule has 6 heteroatoms. The molecule has 1 aromatic rings. The lowest BCUT2D eigenvalue weighted by Crippen LogP contribution is -2.47. The highest BCUT2D eigenvalue weighted by Crippen LogP contribution is 2.36. The zero-order valence-electron chi connectivity index (χ0n) is 12.5. The smallest absolute Gasteiger partial charge is 0.410 e. The van der Waals surface area contributed by atoms with Crippen LogP contribution in [0, 0.1) is 0 Å². The average molecular weight is 367 g/mol. The summed E-state index contributed by atoms with van der Waals surface area (Å²) in [4.78, 5) is 19.6. The summed E-state index contributed by atoms with van der Waals surface area (Å²) in [5.41, 5.74) is 0.765. The van der Waals surface area contributed by atoms with E-state index in [1.54, 1.807) is 4.90 Å². The first-order chi connectivity index (χ1) is 10.6. The summed E-state index contributed by atoms with van der Waals surface area (Å²) in [7, 11) is 0. The molecule has 1 aromatic carbocycles. The number of carbonyl (C=O) groups is 1. The van der Waals surface area contributed by atoms with Crippen LogP contribution < -0.4 is 0 Å².